The van der Waals surface area contributed by atoms with Gasteiger partial charge in [0.05, 0.1) is 5.69 Å². The summed E-state index contributed by atoms with van der Waals surface area (Å²) in [6, 6.07) is 64.4. The predicted octanol–water partition coefficient (Wildman–Crippen LogP) is 14.9. The van der Waals surface area contributed by atoms with Crippen molar-refractivity contribution < 1.29 is 4.74 Å². The minimum Gasteiger partial charge on any atom is -0.455 e. The van der Waals surface area contributed by atoms with Gasteiger partial charge in [0.15, 0.2) is 0 Å². The molecule has 0 unspecified atom stereocenters. The van der Waals surface area contributed by atoms with E-state index in [0.717, 1.165) is 61.9 Å². The highest BCUT2D eigenvalue weighted by Crippen LogP contribution is 2.57. The van der Waals surface area contributed by atoms with E-state index in [9.17, 15) is 0 Å². The van der Waals surface area contributed by atoms with Crippen LogP contribution >= 0.6 is 0 Å². The highest BCUT2D eigenvalue weighted by Gasteiger charge is 2.38. The summed E-state index contributed by atoms with van der Waals surface area (Å²) in [5.74, 6) is 1.72. The molecule has 0 fully saturated rings. The minimum atomic E-state index is -0.145. The molecule has 0 N–H and O–H groups in total. The van der Waals surface area contributed by atoms with Gasteiger partial charge in [0, 0.05) is 38.9 Å². The average molecular weight is 720 g/mol. The van der Waals surface area contributed by atoms with Crippen LogP contribution in [0.1, 0.15) is 49.9 Å². The lowest BCUT2D eigenvalue weighted by Gasteiger charge is -2.31. The number of para-hydroxylation sites is 1. The molecule has 2 aliphatic carbocycles. The zero-order chi connectivity index (χ0) is 37.8. The summed E-state index contributed by atoms with van der Waals surface area (Å²) in [5.41, 5.74) is 20.4. The summed E-state index contributed by atoms with van der Waals surface area (Å²) in [6.45, 7) is 9.45. The van der Waals surface area contributed by atoms with Crippen LogP contribution in [0.4, 0.5) is 17.1 Å². The molecule has 0 bridgehead atoms. The molecule has 2 nitrogen and oxygen atoms in total. The van der Waals surface area contributed by atoms with Crippen molar-refractivity contribution >= 4 is 17.1 Å². The van der Waals surface area contributed by atoms with Gasteiger partial charge in [-0.3, -0.25) is 0 Å². The molecule has 56 heavy (non-hydrogen) atoms. The average Bonchev–Trinajstić information content (AvgIpc) is 3.52. The normalized spacial score (nSPS) is 14.5. The summed E-state index contributed by atoms with van der Waals surface area (Å²) < 4.78 is 7.21. The van der Waals surface area contributed by atoms with Crippen molar-refractivity contribution in [3.8, 4) is 67.1 Å². The number of ether oxygens (including phenoxy) is 1. The van der Waals surface area contributed by atoms with E-state index in [1.807, 2.05) is 0 Å². The first-order chi connectivity index (χ1) is 27.3. The Balaban J connectivity index is 1.17. The zero-order valence-corrected chi connectivity index (χ0v) is 32.1. The second-order valence-electron chi connectivity index (χ2n) is 16.5. The van der Waals surface area contributed by atoms with E-state index in [-0.39, 0.29) is 10.8 Å². The number of hydrogen-bond donors (Lipinski definition) is 0. The van der Waals surface area contributed by atoms with E-state index < -0.39 is 0 Å². The number of nitrogens with zero attached hydrogens (tertiary/aromatic N) is 1. The van der Waals surface area contributed by atoms with Crippen LogP contribution in [0.2, 0.25) is 0 Å². The lowest BCUT2D eigenvalue weighted by molar-refractivity contribution is 0.489. The van der Waals surface area contributed by atoms with Gasteiger partial charge in [-0.25, -0.2) is 0 Å². The Morgan fingerprint density at radius 3 is 1.48 bits per heavy atom. The molecule has 1 heterocycles. The molecule has 0 saturated heterocycles. The highest BCUT2D eigenvalue weighted by atomic mass is 16.5. The largest absolute Gasteiger partial charge is 0.455 e. The number of fused-ring (bicyclic) bond motifs is 11. The number of rotatable bonds is 4. The summed E-state index contributed by atoms with van der Waals surface area (Å²) in [6.07, 6.45) is 0. The number of anilines is 3. The van der Waals surface area contributed by atoms with Gasteiger partial charge in [-0.15, -0.1) is 0 Å². The first-order valence-corrected chi connectivity index (χ1v) is 19.7. The Morgan fingerprint density at radius 1 is 0.375 bits per heavy atom. The highest BCUT2D eigenvalue weighted by molar-refractivity contribution is 6.01. The molecule has 0 aromatic heterocycles. The van der Waals surface area contributed by atoms with Crippen molar-refractivity contribution in [2.45, 2.75) is 38.5 Å². The third-order valence-electron chi connectivity index (χ3n) is 12.7. The van der Waals surface area contributed by atoms with Crippen LogP contribution in [0.3, 0.4) is 0 Å². The molecule has 0 amide bonds. The van der Waals surface area contributed by atoms with Crippen molar-refractivity contribution in [3.05, 3.63) is 198 Å². The van der Waals surface area contributed by atoms with Crippen LogP contribution in [-0.2, 0) is 10.8 Å². The Kier molecular flexibility index (Phi) is 6.98. The van der Waals surface area contributed by atoms with Crippen LogP contribution in [0, 0.1) is 0 Å². The maximum atomic E-state index is 7.21. The third-order valence-corrected chi connectivity index (χ3v) is 12.7. The van der Waals surface area contributed by atoms with Gasteiger partial charge in [0.25, 0.3) is 0 Å². The van der Waals surface area contributed by atoms with Crippen LogP contribution in [-0.4, -0.2) is 0 Å². The summed E-state index contributed by atoms with van der Waals surface area (Å²) >= 11 is 0. The van der Waals surface area contributed by atoms with Crippen molar-refractivity contribution in [1.29, 1.82) is 0 Å². The lowest BCUT2D eigenvalue weighted by Crippen LogP contribution is -2.18. The number of benzene rings is 8. The third kappa shape index (κ3) is 4.62. The Hall–Kier alpha value is -6.64. The maximum Gasteiger partial charge on any atom is 0.143 e. The fraction of sp³-hybridized carbons (Fsp3) is 0.111. The first kappa shape index (κ1) is 32.8. The Morgan fingerprint density at radius 2 is 0.857 bits per heavy atom. The van der Waals surface area contributed by atoms with Crippen LogP contribution in [0.15, 0.2) is 176 Å². The first-order valence-electron chi connectivity index (χ1n) is 19.7. The van der Waals surface area contributed by atoms with Gasteiger partial charge in [0.1, 0.15) is 11.5 Å². The quantitative estimate of drug-likeness (QED) is 0.180. The van der Waals surface area contributed by atoms with Crippen molar-refractivity contribution in [2.24, 2.45) is 0 Å². The molecule has 0 saturated carbocycles. The molecule has 268 valence electrons. The van der Waals surface area contributed by atoms with E-state index in [4.69, 9.17) is 4.74 Å². The lowest BCUT2D eigenvalue weighted by atomic mass is 9.82. The zero-order valence-electron chi connectivity index (χ0n) is 32.1. The molecule has 2 heteroatoms. The summed E-state index contributed by atoms with van der Waals surface area (Å²) in [4.78, 5) is 2.48. The second-order valence-corrected chi connectivity index (χ2v) is 16.5. The summed E-state index contributed by atoms with van der Waals surface area (Å²) in [5, 5.41) is 0. The van der Waals surface area contributed by atoms with Crippen molar-refractivity contribution in [2.75, 3.05) is 4.90 Å². The standard InChI is InChI=1S/C54H41NO/c1-53(2)45-24-12-10-19-39(45)41-30-28-35(32-47(41)53)55(36-29-31-42-40-20-11-13-25-46(40)54(3,4)48(42)33-36)49-26-15-27-50-51(49)43-21-9-8-18-38(43)44-23-14-22-37(52(44)56-50)34-16-6-5-7-17-34/h5-33H,1-4H3. The summed E-state index contributed by atoms with van der Waals surface area (Å²) in [7, 11) is 0. The molecule has 8 aromatic rings. The van der Waals surface area contributed by atoms with Crippen molar-refractivity contribution in [1.82, 2.24) is 0 Å². The van der Waals surface area contributed by atoms with Crippen LogP contribution in [0.5, 0.6) is 11.5 Å². The van der Waals surface area contributed by atoms with Crippen LogP contribution < -0.4 is 9.64 Å². The molecule has 0 spiro atoms. The smallest absolute Gasteiger partial charge is 0.143 e. The molecular formula is C54H41NO. The molecule has 1 aliphatic heterocycles. The fourth-order valence-electron chi connectivity index (χ4n) is 9.90. The monoisotopic (exact) mass is 719 g/mol. The second kappa shape index (κ2) is 11.9. The van der Waals surface area contributed by atoms with Gasteiger partial charge in [-0.2, -0.15) is 0 Å². The molecular weight excluding hydrogens is 679 g/mol. The van der Waals surface area contributed by atoms with Gasteiger partial charge in [0.2, 0.25) is 0 Å². The SMILES string of the molecule is CC1(C)c2ccccc2-c2ccc(N(c3ccc4c(c3)C(C)(C)c3ccccc3-4)c3cccc4c3-c3ccccc3-c3cccc(-c5ccccc5)c3O4)cc21. The Labute approximate surface area is 329 Å². The Bertz CT molecular complexity index is 2790. The van der Waals surface area contributed by atoms with Gasteiger partial charge >= 0.3 is 0 Å². The van der Waals surface area contributed by atoms with E-state index in [0.29, 0.717) is 0 Å². The van der Waals surface area contributed by atoms with Crippen molar-refractivity contribution in [3.63, 3.8) is 0 Å². The van der Waals surface area contributed by atoms with E-state index >= 15 is 0 Å². The molecule has 11 rings (SSSR count). The van der Waals surface area contributed by atoms with Gasteiger partial charge in [-0.05, 0) is 97.6 Å². The molecule has 0 radical (unpaired) electrons. The van der Waals surface area contributed by atoms with Gasteiger partial charge in [-0.1, -0.05) is 167 Å². The fourth-order valence-corrected chi connectivity index (χ4v) is 9.90. The van der Waals surface area contributed by atoms with Crippen LogP contribution in [0.25, 0.3) is 55.6 Å². The molecule has 0 atom stereocenters. The molecule has 8 aromatic carbocycles. The van der Waals surface area contributed by atoms with E-state index in [1.54, 1.807) is 0 Å². The number of hydrogen-bond acceptors (Lipinski definition) is 2. The topological polar surface area (TPSA) is 12.5 Å². The predicted molar refractivity (Wildman–Crippen MR) is 233 cm³/mol. The maximum absolute atomic E-state index is 7.21. The van der Waals surface area contributed by atoms with Gasteiger partial charge < -0.3 is 9.64 Å². The minimum absolute atomic E-state index is 0.145. The van der Waals surface area contributed by atoms with E-state index in [2.05, 4.69) is 209 Å². The van der Waals surface area contributed by atoms with E-state index in [1.165, 1.54) is 44.5 Å². The molecule has 3 aliphatic rings.